The Morgan fingerprint density at radius 2 is 1.89 bits per heavy atom. The predicted octanol–water partition coefficient (Wildman–Crippen LogP) is 2.61. The van der Waals surface area contributed by atoms with Crippen LogP contribution in [0.5, 0.6) is 0 Å². The van der Waals surface area contributed by atoms with Crippen molar-refractivity contribution in [3.05, 3.63) is 35.6 Å². The summed E-state index contributed by atoms with van der Waals surface area (Å²) in [7, 11) is 2.14. The number of esters is 1. The number of carbonyl (C=O) groups excluding carboxylic acids is 1. The summed E-state index contributed by atoms with van der Waals surface area (Å²) in [5.74, 6) is -1.05. The van der Waals surface area contributed by atoms with Gasteiger partial charge in [-0.15, -0.1) is 0 Å². The van der Waals surface area contributed by atoms with E-state index in [1.165, 1.54) is 25.0 Å². The Bertz CT molecular complexity index is 477. The molecule has 1 aromatic rings. The standard InChI is InChI=1S/C15H18FNO2/c1-17-10-6-7-11(17)9-12(8-10)19-15(18)13-4-2-3-5-14(13)16/h2-5,10-12H,6-9H2,1H3. The topological polar surface area (TPSA) is 29.5 Å². The van der Waals surface area contributed by atoms with Crippen LogP contribution in [-0.4, -0.2) is 36.1 Å². The second kappa shape index (κ2) is 4.93. The van der Waals surface area contributed by atoms with Crippen LogP contribution in [0.1, 0.15) is 36.0 Å². The molecule has 2 aliphatic heterocycles. The van der Waals surface area contributed by atoms with Crippen LogP contribution in [0.4, 0.5) is 4.39 Å². The van der Waals surface area contributed by atoms with Gasteiger partial charge in [0.2, 0.25) is 0 Å². The van der Waals surface area contributed by atoms with E-state index in [-0.39, 0.29) is 11.7 Å². The highest BCUT2D eigenvalue weighted by atomic mass is 19.1. The molecule has 0 N–H and O–H groups in total. The zero-order valence-corrected chi connectivity index (χ0v) is 11.0. The van der Waals surface area contributed by atoms with Crippen molar-refractivity contribution in [2.45, 2.75) is 43.9 Å². The lowest BCUT2D eigenvalue weighted by Crippen LogP contribution is -2.43. The minimum absolute atomic E-state index is 0.0359. The van der Waals surface area contributed by atoms with Crippen molar-refractivity contribution in [1.29, 1.82) is 0 Å². The van der Waals surface area contributed by atoms with Crippen molar-refractivity contribution in [2.24, 2.45) is 0 Å². The predicted molar refractivity (Wildman–Crippen MR) is 69.4 cm³/mol. The van der Waals surface area contributed by atoms with Crippen LogP contribution in [-0.2, 0) is 4.74 Å². The molecule has 3 rings (SSSR count). The van der Waals surface area contributed by atoms with E-state index in [0.717, 1.165) is 12.8 Å². The van der Waals surface area contributed by atoms with Gasteiger partial charge in [0.1, 0.15) is 11.9 Å². The first-order chi connectivity index (χ1) is 9.15. The van der Waals surface area contributed by atoms with Crippen molar-refractivity contribution in [2.75, 3.05) is 7.05 Å². The van der Waals surface area contributed by atoms with E-state index in [9.17, 15) is 9.18 Å². The molecule has 2 aliphatic rings. The number of rotatable bonds is 2. The fraction of sp³-hybridized carbons (Fsp3) is 0.533. The van der Waals surface area contributed by atoms with Crippen LogP contribution >= 0.6 is 0 Å². The quantitative estimate of drug-likeness (QED) is 0.768. The minimum atomic E-state index is -0.535. The average Bonchev–Trinajstić information content (AvgIpc) is 2.63. The van der Waals surface area contributed by atoms with Gasteiger partial charge in [-0.1, -0.05) is 12.1 Å². The zero-order chi connectivity index (χ0) is 13.4. The number of carbonyl (C=O) groups is 1. The second-order valence-corrected chi connectivity index (χ2v) is 5.53. The first kappa shape index (κ1) is 12.6. The fourth-order valence-corrected chi connectivity index (χ4v) is 3.30. The Balaban J connectivity index is 1.67. The summed E-state index contributed by atoms with van der Waals surface area (Å²) in [6, 6.07) is 7.00. The number of piperidine rings is 1. The minimum Gasteiger partial charge on any atom is -0.459 e. The molecule has 19 heavy (non-hydrogen) atoms. The molecular weight excluding hydrogens is 245 g/mol. The second-order valence-electron chi connectivity index (χ2n) is 5.53. The Morgan fingerprint density at radius 1 is 1.26 bits per heavy atom. The van der Waals surface area contributed by atoms with Gasteiger partial charge in [0, 0.05) is 24.9 Å². The third-order valence-corrected chi connectivity index (χ3v) is 4.42. The van der Waals surface area contributed by atoms with E-state index in [0.29, 0.717) is 12.1 Å². The van der Waals surface area contributed by atoms with Gasteiger partial charge in [-0.2, -0.15) is 0 Å². The Hall–Kier alpha value is -1.42. The maximum Gasteiger partial charge on any atom is 0.341 e. The van der Waals surface area contributed by atoms with Crippen LogP contribution in [0.25, 0.3) is 0 Å². The Kier molecular flexibility index (Phi) is 3.27. The molecule has 0 saturated carbocycles. The molecule has 0 radical (unpaired) electrons. The Morgan fingerprint density at radius 3 is 2.53 bits per heavy atom. The van der Waals surface area contributed by atoms with Gasteiger partial charge >= 0.3 is 5.97 Å². The maximum atomic E-state index is 13.5. The van der Waals surface area contributed by atoms with Gasteiger partial charge in [0.25, 0.3) is 0 Å². The van der Waals surface area contributed by atoms with Gasteiger partial charge in [-0.25, -0.2) is 9.18 Å². The number of halogens is 1. The SMILES string of the molecule is CN1C2CCC1CC(OC(=O)c1ccccc1F)C2. The maximum absolute atomic E-state index is 13.5. The number of ether oxygens (including phenoxy) is 1. The molecule has 2 atom stereocenters. The molecule has 1 aromatic carbocycles. The fourth-order valence-electron chi connectivity index (χ4n) is 3.30. The van der Waals surface area contributed by atoms with E-state index >= 15 is 0 Å². The molecule has 2 bridgehead atoms. The van der Waals surface area contributed by atoms with Gasteiger partial charge < -0.3 is 9.64 Å². The van der Waals surface area contributed by atoms with Crippen LogP contribution in [0.2, 0.25) is 0 Å². The molecule has 2 fully saturated rings. The number of benzene rings is 1. The lowest BCUT2D eigenvalue weighted by molar-refractivity contribution is -0.000832. The Labute approximate surface area is 112 Å². The molecule has 3 nitrogen and oxygen atoms in total. The molecule has 0 spiro atoms. The lowest BCUT2D eigenvalue weighted by Gasteiger charge is -2.35. The summed E-state index contributed by atoms with van der Waals surface area (Å²) >= 11 is 0. The van der Waals surface area contributed by atoms with Crippen molar-refractivity contribution >= 4 is 5.97 Å². The highest BCUT2D eigenvalue weighted by Crippen LogP contribution is 2.35. The summed E-state index contributed by atoms with van der Waals surface area (Å²) in [4.78, 5) is 14.4. The van der Waals surface area contributed by atoms with E-state index in [2.05, 4.69) is 11.9 Å². The summed E-state index contributed by atoms with van der Waals surface area (Å²) in [5.41, 5.74) is 0.0359. The van der Waals surface area contributed by atoms with Gasteiger partial charge in [0.05, 0.1) is 5.56 Å². The summed E-state index contributed by atoms with van der Waals surface area (Å²) < 4.78 is 19.0. The molecule has 0 aliphatic carbocycles. The summed E-state index contributed by atoms with van der Waals surface area (Å²) in [5, 5.41) is 0. The molecule has 2 saturated heterocycles. The van der Waals surface area contributed by atoms with Crippen molar-refractivity contribution in [3.63, 3.8) is 0 Å². The number of hydrogen-bond acceptors (Lipinski definition) is 3. The van der Waals surface area contributed by atoms with E-state index in [1.54, 1.807) is 12.1 Å². The molecule has 4 heteroatoms. The zero-order valence-electron chi connectivity index (χ0n) is 11.0. The van der Waals surface area contributed by atoms with Crippen LogP contribution < -0.4 is 0 Å². The highest BCUT2D eigenvalue weighted by molar-refractivity contribution is 5.89. The third kappa shape index (κ3) is 2.37. The first-order valence-corrected chi connectivity index (χ1v) is 6.82. The van der Waals surface area contributed by atoms with Crippen molar-refractivity contribution in [3.8, 4) is 0 Å². The van der Waals surface area contributed by atoms with Crippen molar-refractivity contribution < 1.29 is 13.9 Å². The smallest absolute Gasteiger partial charge is 0.341 e. The van der Waals surface area contributed by atoms with Crippen LogP contribution in [0.15, 0.2) is 24.3 Å². The average molecular weight is 263 g/mol. The summed E-state index contributed by atoms with van der Waals surface area (Å²) in [6.07, 6.45) is 4.02. The van der Waals surface area contributed by atoms with Gasteiger partial charge in [-0.05, 0) is 32.0 Å². The van der Waals surface area contributed by atoms with Crippen LogP contribution in [0, 0.1) is 5.82 Å². The van der Waals surface area contributed by atoms with E-state index < -0.39 is 11.8 Å². The largest absolute Gasteiger partial charge is 0.459 e. The molecule has 0 amide bonds. The summed E-state index contributed by atoms with van der Waals surface area (Å²) in [6.45, 7) is 0. The lowest BCUT2D eigenvalue weighted by atomic mass is 10.0. The number of nitrogens with zero attached hydrogens (tertiary/aromatic N) is 1. The molecule has 0 aromatic heterocycles. The third-order valence-electron chi connectivity index (χ3n) is 4.42. The molecule has 102 valence electrons. The normalized spacial score (nSPS) is 30.3. The number of fused-ring (bicyclic) bond motifs is 2. The first-order valence-electron chi connectivity index (χ1n) is 6.82. The number of hydrogen-bond donors (Lipinski definition) is 0. The molecular formula is C15H18FNO2. The molecule has 2 unspecified atom stereocenters. The van der Waals surface area contributed by atoms with Crippen molar-refractivity contribution in [1.82, 2.24) is 4.90 Å². The van der Waals surface area contributed by atoms with Crippen LogP contribution in [0.3, 0.4) is 0 Å². The van der Waals surface area contributed by atoms with Gasteiger partial charge in [0.15, 0.2) is 0 Å². The van der Waals surface area contributed by atoms with E-state index in [4.69, 9.17) is 4.74 Å². The molecule has 2 heterocycles. The highest BCUT2D eigenvalue weighted by Gasteiger charge is 2.40. The van der Waals surface area contributed by atoms with Gasteiger partial charge in [-0.3, -0.25) is 0 Å². The monoisotopic (exact) mass is 263 g/mol. The van der Waals surface area contributed by atoms with E-state index in [1.807, 2.05) is 0 Å².